The maximum Gasteiger partial charge on any atom is 0.427 e. The number of anilines is 1. The van der Waals surface area contributed by atoms with Gasteiger partial charge in [-0.05, 0) is 60.6 Å². The molecule has 0 aliphatic rings. The highest BCUT2D eigenvalue weighted by molar-refractivity contribution is 6.08. The van der Waals surface area contributed by atoms with Crippen molar-refractivity contribution < 1.29 is 19.1 Å². The fraction of sp³-hybridized carbons (Fsp3) is 0.529. The summed E-state index contributed by atoms with van der Waals surface area (Å²) < 4.78 is 12.2. The first-order valence-corrected chi connectivity index (χ1v) is 7.96. The average Bonchev–Trinajstić information content (AvgIpc) is 2.79. The first-order chi connectivity index (χ1) is 11.4. The number of pyridine rings is 1. The molecule has 0 aliphatic carbocycles. The van der Waals surface area contributed by atoms with E-state index in [9.17, 15) is 9.59 Å². The van der Waals surface area contributed by atoms with Crippen LogP contribution in [0, 0.1) is 6.92 Å². The number of fused-ring (bicyclic) bond motifs is 1. The molecule has 0 unspecified atom stereocenters. The van der Waals surface area contributed by atoms with Crippen LogP contribution in [0.4, 0.5) is 15.5 Å². The van der Waals surface area contributed by atoms with Crippen LogP contribution in [0.2, 0.25) is 0 Å². The summed E-state index contributed by atoms with van der Waals surface area (Å²) in [6, 6.07) is 5.39. The Balaban J connectivity index is 2.47. The van der Waals surface area contributed by atoms with Crippen LogP contribution in [0.25, 0.3) is 5.65 Å². The van der Waals surface area contributed by atoms with Crippen molar-refractivity contribution in [3.05, 3.63) is 23.9 Å². The Bertz CT molecular complexity index is 771. The third kappa shape index (κ3) is 4.68. The Morgan fingerprint density at radius 2 is 1.52 bits per heavy atom. The summed E-state index contributed by atoms with van der Waals surface area (Å²) in [5.41, 5.74) is -0.254. The van der Waals surface area contributed by atoms with E-state index in [2.05, 4.69) is 10.1 Å². The minimum Gasteiger partial charge on any atom is -0.443 e. The molecule has 0 aliphatic heterocycles. The number of ether oxygens (including phenoxy) is 2. The van der Waals surface area contributed by atoms with Crippen LogP contribution in [0.5, 0.6) is 0 Å². The summed E-state index contributed by atoms with van der Waals surface area (Å²) in [5.74, 6) is -0.0993. The van der Waals surface area contributed by atoms with E-state index in [4.69, 9.17) is 9.47 Å². The molecule has 2 amide bonds. The molecule has 2 aromatic heterocycles. The molecule has 25 heavy (non-hydrogen) atoms. The standard InChI is InChI=1S/C17H24N4O4/c1-11-9-8-10-12-18-13(19-21(11)12)20(14(22)24-16(2,3)4)15(23)25-17(5,6)7/h8-10H,1-7H3. The number of carbonyl (C=O) groups is 2. The van der Waals surface area contributed by atoms with E-state index in [1.54, 1.807) is 47.6 Å². The molecular formula is C17H24N4O4. The zero-order chi connectivity index (χ0) is 19.0. The number of carbonyl (C=O) groups excluding carboxylic acids is 2. The molecule has 0 spiro atoms. The average molecular weight is 348 g/mol. The maximum atomic E-state index is 12.6. The molecule has 0 N–H and O–H groups in total. The van der Waals surface area contributed by atoms with Crippen molar-refractivity contribution in [3.8, 4) is 0 Å². The number of nitrogens with zero attached hydrogens (tertiary/aromatic N) is 4. The molecule has 2 rings (SSSR count). The Morgan fingerprint density at radius 3 is 1.96 bits per heavy atom. The van der Waals surface area contributed by atoms with E-state index in [0.29, 0.717) is 10.5 Å². The molecule has 0 atom stereocenters. The van der Waals surface area contributed by atoms with Gasteiger partial charge in [0.2, 0.25) is 0 Å². The summed E-state index contributed by atoms with van der Waals surface area (Å²) in [6.07, 6.45) is -1.79. The molecule has 0 saturated carbocycles. The molecule has 2 aromatic rings. The van der Waals surface area contributed by atoms with Crippen LogP contribution in [-0.4, -0.2) is 38.0 Å². The lowest BCUT2D eigenvalue weighted by Gasteiger charge is -2.26. The smallest absolute Gasteiger partial charge is 0.427 e. The first kappa shape index (κ1) is 18.7. The van der Waals surface area contributed by atoms with E-state index >= 15 is 0 Å². The Kier molecular flexibility index (Phi) is 4.74. The van der Waals surface area contributed by atoms with E-state index in [1.165, 1.54) is 4.52 Å². The highest BCUT2D eigenvalue weighted by atomic mass is 16.6. The maximum absolute atomic E-state index is 12.6. The van der Waals surface area contributed by atoms with Gasteiger partial charge in [-0.1, -0.05) is 6.07 Å². The van der Waals surface area contributed by atoms with Crippen LogP contribution in [0.3, 0.4) is 0 Å². The summed E-state index contributed by atoms with van der Waals surface area (Å²) >= 11 is 0. The van der Waals surface area contributed by atoms with Crippen molar-refractivity contribution in [1.29, 1.82) is 0 Å². The van der Waals surface area contributed by atoms with Crippen LogP contribution in [-0.2, 0) is 9.47 Å². The van der Waals surface area contributed by atoms with Crippen molar-refractivity contribution in [2.45, 2.75) is 59.7 Å². The first-order valence-electron chi connectivity index (χ1n) is 7.96. The second kappa shape index (κ2) is 6.34. The molecule has 8 nitrogen and oxygen atoms in total. The van der Waals surface area contributed by atoms with Gasteiger partial charge < -0.3 is 9.47 Å². The van der Waals surface area contributed by atoms with Gasteiger partial charge in [0.25, 0.3) is 5.95 Å². The number of hydrogen-bond acceptors (Lipinski definition) is 6. The zero-order valence-electron chi connectivity index (χ0n) is 15.7. The second-order valence-electron chi connectivity index (χ2n) is 7.65. The Labute approximate surface area is 146 Å². The fourth-order valence-corrected chi connectivity index (χ4v) is 1.97. The van der Waals surface area contributed by atoms with Crippen molar-refractivity contribution >= 4 is 23.8 Å². The summed E-state index contributed by atoms with van der Waals surface area (Å²) in [5, 5.41) is 4.24. The summed E-state index contributed by atoms with van der Waals surface area (Å²) in [6.45, 7) is 12.1. The zero-order valence-corrected chi connectivity index (χ0v) is 15.7. The van der Waals surface area contributed by atoms with Crippen LogP contribution >= 0.6 is 0 Å². The monoisotopic (exact) mass is 348 g/mol. The van der Waals surface area contributed by atoms with Crippen LogP contribution < -0.4 is 4.90 Å². The number of imide groups is 1. The predicted octanol–water partition coefficient (Wildman–Crippen LogP) is 3.71. The van der Waals surface area contributed by atoms with Gasteiger partial charge in [-0.15, -0.1) is 10.00 Å². The van der Waals surface area contributed by atoms with E-state index in [1.807, 2.05) is 19.1 Å². The van der Waals surface area contributed by atoms with E-state index < -0.39 is 23.4 Å². The summed E-state index contributed by atoms with van der Waals surface area (Å²) in [4.78, 5) is 30.1. The molecule has 0 bridgehead atoms. The highest BCUT2D eigenvalue weighted by Crippen LogP contribution is 2.20. The lowest BCUT2D eigenvalue weighted by Crippen LogP contribution is -2.44. The van der Waals surface area contributed by atoms with E-state index in [0.717, 1.165) is 5.69 Å². The largest absolute Gasteiger partial charge is 0.443 e. The highest BCUT2D eigenvalue weighted by Gasteiger charge is 2.35. The lowest BCUT2D eigenvalue weighted by atomic mass is 10.2. The normalized spacial score (nSPS) is 12.1. The van der Waals surface area contributed by atoms with Gasteiger partial charge in [0.05, 0.1) is 0 Å². The van der Waals surface area contributed by atoms with Gasteiger partial charge in [0, 0.05) is 5.69 Å². The third-order valence-corrected chi connectivity index (χ3v) is 2.89. The van der Waals surface area contributed by atoms with Gasteiger partial charge in [-0.25, -0.2) is 14.1 Å². The summed E-state index contributed by atoms with van der Waals surface area (Å²) in [7, 11) is 0. The Morgan fingerprint density at radius 1 is 1.00 bits per heavy atom. The van der Waals surface area contributed by atoms with E-state index in [-0.39, 0.29) is 5.95 Å². The lowest BCUT2D eigenvalue weighted by molar-refractivity contribution is 0.0427. The minimum atomic E-state index is -0.893. The van der Waals surface area contributed by atoms with Crippen LogP contribution in [0.15, 0.2) is 18.2 Å². The molecule has 0 aromatic carbocycles. The second-order valence-corrected chi connectivity index (χ2v) is 7.65. The molecule has 8 heteroatoms. The van der Waals surface area contributed by atoms with Crippen LogP contribution in [0.1, 0.15) is 47.2 Å². The van der Waals surface area contributed by atoms with Gasteiger partial charge >= 0.3 is 12.2 Å². The molecule has 0 fully saturated rings. The van der Waals surface area contributed by atoms with Gasteiger partial charge in [0.1, 0.15) is 11.2 Å². The van der Waals surface area contributed by atoms with Crippen molar-refractivity contribution in [2.75, 3.05) is 4.90 Å². The van der Waals surface area contributed by atoms with Crippen molar-refractivity contribution in [1.82, 2.24) is 14.6 Å². The molecule has 136 valence electrons. The minimum absolute atomic E-state index is 0.0993. The number of aryl methyl sites for hydroxylation is 1. The van der Waals surface area contributed by atoms with Gasteiger partial charge in [0.15, 0.2) is 5.65 Å². The predicted molar refractivity (Wildman–Crippen MR) is 92.7 cm³/mol. The van der Waals surface area contributed by atoms with Crippen molar-refractivity contribution in [3.63, 3.8) is 0 Å². The topological polar surface area (TPSA) is 86.0 Å². The third-order valence-electron chi connectivity index (χ3n) is 2.89. The van der Waals surface area contributed by atoms with Gasteiger partial charge in [-0.2, -0.15) is 4.98 Å². The number of aromatic nitrogens is 3. The molecule has 0 saturated heterocycles. The number of amides is 2. The fourth-order valence-electron chi connectivity index (χ4n) is 1.97. The number of rotatable bonds is 1. The molecular weight excluding hydrogens is 324 g/mol. The Hall–Kier alpha value is -2.64. The molecule has 0 radical (unpaired) electrons. The number of hydrogen-bond donors (Lipinski definition) is 0. The molecule has 2 heterocycles. The SMILES string of the molecule is Cc1cccc2nc(N(C(=O)OC(C)(C)C)C(=O)OC(C)(C)C)nn12. The van der Waals surface area contributed by atoms with Gasteiger partial charge in [-0.3, -0.25) is 0 Å². The quantitative estimate of drug-likeness (QED) is 0.781. The van der Waals surface area contributed by atoms with Crippen molar-refractivity contribution in [2.24, 2.45) is 0 Å².